The van der Waals surface area contributed by atoms with Crippen molar-refractivity contribution in [2.45, 2.75) is 13.3 Å². The Hall–Kier alpha value is -2.40. The van der Waals surface area contributed by atoms with Crippen LogP contribution in [-0.4, -0.2) is 24.7 Å². The number of hydrogen-bond acceptors (Lipinski definition) is 3. The van der Waals surface area contributed by atoms with Gasteiger partial charge in [0, 0.05) is 11.1 Å². The van der Waals surface area contributed by atoms with Crippen LogP contribution >= 0.6 is 0 Å². The standard InChI is InChI=1S/C20H19F2NO2/c1-13-12-23-11-10-20(13,18(24)14-2-6-16(21)7-3-14)19(25)15-4-8-17(22)9-5-15/h2-9,13,23H,10-12H2,1H3. The molecule has 1 aliphatic rings. The molecule has 1 saturated heterocycles. The van der Waals surface area contributed by atoms with Crippen LogP contribution in [0.1, 0.15) is 34.1 Å². The first-order chi connectivity index (χ1) is 11.9. The Morgan fingerprint density at radius 2 is 1.36 bits per heavy atom. The summed E-state index contributed by atoms with van der Waals surface area (Å²) < 4.78 is 26.4. The van der Waals surface area contributed by atoms with Crippen LogP contribution in [0.3, 0.4) is 0 Å². The third kappa shape index (κ3) is 3.12. The molecule has 25 heavy (non-hydrogen) atoms. The first kappa shape index (κ1) is 17.4. The van der Waals surface area contributed by atoms with E-state index in [2.05, 4.69) is 5.32 Å². The van der Waals surface area contributed by atoms with Crippen molar-refractivity contribution in [1.29, 1.82) is 0 Å². The van der Waals surface area contributed by atoms with Gasteiger partial charge in [0.05, 0.1) is 0 Å². The van der Waals surface area contributed by atoms with Gasteiger partial charge < -0.3 is 5.32 Å². The molecule has 1 unspecified atom stereocenters. The second-order valence-corrected chi connectivity index (χ2v) is 6.50. The van der Waals surface area contributed by atoms with Crippen LogP contribution in [0.4, 0.5) is 8.78 Å². The van der Waals surface area contributed by atoms with Gasteiger partial charge in [-0.25, -0.2) is 8.78 Å². The van der Waals surface area contributed by atoms with Gasteiger partial charge in [0.15, 0.2) is 11.6 Å². The fourth-order valence-electron chi connectivity index (χ4n) is 3.52. The molecule has 0 aromatic heterocycles. The molecule has 3 rings (SSSR count). The van der Waals surface area contributed by atoms with E-state index in [0.717, 1.165) is 0 Å². The number of hydrogen-bond donors (Lipinski definition) is 1. The number of carbonyl (C=O) groups excluding carboxylic acids is 2. The van der Waals surface area contributed by atoms with Crippen molar-refractivity contribution in [3.63, 3.8) is 0 Å². The number of benzene rings is 2. The highest BCUT2D eigenvalue weighted by molar-refractivity contribution is 6.20. The monoisotopic (exact) mass is 343 g/mol. The molecule has 130 valence electrons. The fourth-order valence-corrected chi connectivity index (χ4v) is 3.52. The lowest BCUT2D eigenvalue weighted by molar-refractivity contribution is 0.0494. The van der Waals surface area contributed by atoms with Gasteiger partial charge in [-0.05, 0) is 74.0 Å². The van der Waals surface area contributed by atoms with Crippen molar-refractivity contribution in [3.8, 4) is 0 Å². The topological polar surface area (TPSA) is 46.2 Å². The molecule has 0 bridgehead atoms. The minimum atomic E-state index is -1.24. The van der Waals surface area contributed by atoms with Gasteiger partial charge in [-0.2, -0.15) is 0 Å². The summed E-state index contributed by atoms with van der Waals surface area (Å²) in [4.78, 5) is 26.6. The van der Waals surface area contributed by atoms with E-state index >= 15 is 0 Å². The average molecular weight is 343 g/mol. The average Bonchev–Trinajstić information content (AvgIpc) is 2.62. The number of ketones is 2. The quantitative estimate of drug-likeness (QED) is 0.681. The van der Waals surface area contributed by atoms with Crippen LogP contribution < -0.4 is 5.32 Å². The minimum absolute atomic E-state index is 0.239. The summed E-state index contributed by atoms with van der Waals surface area (Å²) in [5, 5.41) is 3.20. The van der Waals surface area contributed by atoms with Crippen molar-refractivity contribution in [2.24, 2.45) is 11.3 Å². The predicted octanol–water partition coefficient (Wildman–Crippen LogP) is 3.65. The largest absolute Gasteiger partial charge is 0.316 e. The molecule has 1 heterocycles. The van der Waals surface area contributed by atoms with E-state index in [-0.39, 0.29) is 17.5 Å². The maximum atomic E-state index is 13.3. The number of piperidine rings is 1. The Morgan fingerprint density at radius 1 is 0.920 bits per heavy atom. The summed E-state index contributed by atoms with van der Waals surface area (Å²) >= 11 is 0. The SMILES string of the molecule is CC1CNCCC1(C(=O)c1ccc(F)cc1)C(=O)c1ccc(F)cc1. The third-order valence-electron chi connectivity index (χ3n) is 5.01. The van der Waals surface area contributed by atoms with Gasteiger partial charge in [0.25, 0.3) is 0 Å². The molecule has 5 heteroatoms. The Labute approximate surface area is 145 Å². The Balaban J connectivity index is 2.07. The molecule has 3 nitrogen and oxygen atoms in total. The smallest absolute Gasteiger partial charge is 0.177 e. The molecule has 1 N–H and O–H groups in total. The number of nitrogens with one attached hydrogen (secondary N) is 1. The third-order valence-corrected chi connectivity index (χ3v) is 5.01. The lowest BCUT2D eigenvalue weighted by atomic mass is 9.63. The molecule has 2 aromatic carbocycles. The summed E-state index contributed by atoms with van der Waals surface area (Å²) in [6.45, 7) is 2.92. The first-order valence-corrected chi connectivity index (χ1v) is 8.26. The second-order valence-electron chi connectivity index (χ2n) is 6.50. The zero-order chi connectivity index (χ0) is 18.0. The summed E-state index contributed by atoms with van der Waals surface area (Å²) in [6, 6.07) is 10.5. The van der Waals surface area contributed by atoms with Crippen LogP contribution in [0.2, 0.25) is 0 Å². The minimum Gasteiger partial charge on any atom is -0.316 e. The molecule has 2 aromatic rings. The van der Waals surface area contributed by atoms with E-state index in [9.17, 15) is 18.4 Å². The Kier molecular flexibility index (Phi) is 4.77. The van der Waals surface area contributed by atoms with Crippen molar-refractivity contribution < 1.29 is 18.4 Å². The molecule has 1 aliphatic heterocycles. The zero-order valence-corrected chi connectivity index (χ0v) is 13.9. The maximum Gasteiger partial charge on any atom is 0.177 e. The van der Waals surface area contributed by atoms with Crippen molar-refractivity contribution in [2.75, 3.05) is 13.1 Å². The lowest BCUT2D eigenvalue weighted by Crippen LogP contribution is -2.53. The van der Waals surface area contributed by atoms with Crippen molar-refractivity contribution >= 4 is 11.6 Å². The van der Waals surface area contributed by atoms with E-state index in [0.29, 0.717) is 30.6 Å². The molecular formula is C20H19F2NO2. The molecule has 0 amide bonds. The van der Waals surface area contributed by atoms with E-state index in [4.69, 9.17) is 0 Å². The van der Waals surface area contributed by atoms with Gasteiger partial charge >= 0.3 is 0 Å². The summed E-state index contributed by atoms with van der Waals surface area (Å²) in [6.07, 6.45) is 0.348. The van der Waals surface area contributed by atoms with Gasteiger partial charge in [-0.3, -0.25) is 9.59 Å². The first-order valence-electron chi connectivity index (χ1n) is 8.26. The van der Waals surface area contributed by atoms with Gasteiger partial charge in [0.2, 0.25) is 0 Å². The number of rotatable bonds is 4. The number of halogens is 2. The summed E-state index contributed by atoms with van der Waals surface area (Å²) in [7, 11) is 0. The van der Waals surface area contributed by atoms with Crippen LogP contribution in [0.5, 0.6) is 0 Å². The molecule has 0 spiro atoms. The van der Waals surface area contributed by atoms with E-state index in [1.165, 1.54) is 48.5 Å². The molecule has 0 radical (unpaired) electrons. The fraction of sp³-hybridized carbons (Fsp3) is 0.300. The van der Waals surface area contributed by atoms with Gasteiger partial charge in [-0.1, -0.05) is 6.92 Å². The van der Waals surface area contributed by atoms with Crippen molar-refractivity contribution in [1.82, 2.24) is 5.32 Å². The van der Waals surface area contributed by atoms with Crippen LogP contribution in [-0.2, 0) is 0 Å². The second kappa shape index (κ2) is 6.84. The number of Topliss-reactive ketones (excluding diaryl/α,β-unsaturated/α-hetero) is 2. The lowest BCUT2D eigenvalue weighted by Gasteiger charge is -2.40. The van der Waals surface area contributed by atoms with E-state index in [1.54, 1.807) is 0 Å². The van der Waals surface area contributed by atoms with Gasteiger partial charge in [-0.15, -0.1) is 0 Å². The van der Waals surface area contributed by atoms with Crippen LogP contribution in [0, 0.1) is 23.0 Å². The van der Waals surface area contributed by atoms with Crippen molar-refractivity contribution in [3.05, 3.63) is 71.3 Å². The molecule has 0 saturated carbocycles. The number of carbonyl (C=O) groups is 2. The molecule has 0 aliphatic carbocycles. The molecule has 1 atom stereocenters. The zero-order valence-electron chi connectivity index (χ0n) is 13.9. The summed E-state index contributed by atoms with van der Waals surface area (Å²) in [5.74, 6) is -1.73. The highest BCUT2D eigenvalue weighted by Gasteiger charge is 2.51. The molecule has 1 fully saturated rings. The maximum absolute atomic E-state index is 13.3. The predicted molar refractivity (Wildman–Crippen MR) is 90.5 cm³/mol. The molecular weight excluding hydrogens is 324 g/mol. The van der Waals surface area contributed by atoms with E-state index in [1.807, 2.05) is 6.92 Å². The normalized spacial score (nSPS) is 19.4. The van der Waals surface area contributed by atoms with Gasteiger partial charge in [0.1, 0.15) is 17.0 Å². The van der Waals surface area contributed by atoms with E-state index < -0.39 is 17.0 Å². The Bertz CT molecular complexity index is 727. The highest BCUT2D eigenvalue weighted by atomic mass is 19.1. The summed E-state index contributed by atoms with van der Waals surface area (Å²) in [5.41, 5.74) is -0.614. The Morgan fingerprint density at radius 3 is 1.76 bits per heavy atom. The van der Waals surface area contributed by atoms with Crippen LogP contribution in [0.15, 0.2) is 48.5 Å². The highest BCUT2D eigenvalue weighted by Crippen LogP contribution is 2.40. The van der Waals surface area contributed by atoms with Crippen LogP contribution in [0.25, 0.3) is 0 Å².